The van der Waals surface area contributed by atoms with Gasteiger partial charge in [0.15, 0.2) is 21.0 Å². The molecule has 2 aliphatic heterocycles. The average molecular weight is 245 g/mol. The summed E-state index contributed by atoms with van der Waals surface area (Å²) < 4.78 is 23.3. The third-order valence-corrected chi connectivity index (χ3v) is 5.16. The van der Waals surface area contributed by atoms with Crippen LogP contribution in [0, 0.1) is 11.3 Å². The Labute approximate surface area is 94.7 Å². The molecule has 6 heteroatoms. The Bertz CT molecular complexity index is 460. The molecule has 1 amide bonds. The normalized spacial score (nSPS) is 32.2. The smallest absolute Gasteiger partial charge is 0.237 e. The third kappa shape index (κ3) is 1.39. The van der Waals surface area contributed by atoms with E-state index in [0.29, 0.717) is 0 Å². The van der Waals surface area contributed by atoms with E-state index in [1.54, 1.807) is 20.8 Å². The van der Waals surface area contributed by atoms with Crippen LogP contribution in [0.2, 0.25) is 0 Å². The first-order chi connectivity index (χ1) is 7.16. The summed E-state index contributed by atoms with van der Waals surface area (Å²) in [6.07, 6.45) is 0. The number of nitrogens with zero attached hydrogens (tertiary/aromatic N) is 1. The minimum atomic E-state index is -3.29. The summed E-state index contributed by atoms with van der Waals surface area (Å²) in [5.74, 6) is -1.58. The molecule has 0 aliphatic carbocycles. The maximum Gasteiger partial charge on any atom is 0.237 e. The number of fused-ring (bicyclic) bond motifs is 1. The molecule has 2 atom stereocenters. The molecule has 2 saturated heterocycles. The molecule has 2 heterocycles. The highest BCUT2D eigenvalue weighted by Gasteiger charge is 2.62. The molecule has 0 radical (unpaired) electrons. The number of ketones is 1. The Hall–Kier alpha value is -0.910. The number of carbonyl (C=O) groups is 2. The first-order valence-corrected chi connectivity index (χ1v) is 6.94. The summed E-state index contributed by atoms with van der Waals surface area (Å²) in [6.45, 7) is 5.34. The van der Waals surface area contributed by atoms with E-state index in [1.807, 2.05) is 0 Å². The van der Waals surface area contributed by atoms with Crippen molar-refractivity contribution in [3.63, 3.8) is 0 Å². The molecule has 90 valence electrons. The maximum absolute atomic E-state index is 12.0. The fourth-order valence-electron chi connectivity index (χ4n) is 2.22. The van der Waals surface area contributed by atoms with Crippen LogP contribution in [0.5, 0.6) is 0 Å². The predicted octanol–water partition coefficient (Wildman–Crippen LogP) is -0.185. The van der Waals surface area contributed by atoms with Crippen LogP contribution in [0.25, 0.3) is 0 Å². The highest BCUT2D eigenvalue weighted by molar-refractivity contribution is 7.92. The van der Waals surface area contributed by atoms with Crippen molar-refractivity contribution in [3.8, 4) is 0 Å². The van der Waals surface area contributed by atoms with E-state index >= 15 is 0 Å². The largest absolute Gasteiger partial charge is 0.323 e. The molecule has 0 bridgehead atoms. The lowest BCUT2D eigenvalue weighted by Crippen LogP contribution is -2.63. The minimum absolute atomic E-state index is 0.0165. The van der Waals surface area contributed by atoms with Gasteiger partial charge in [-0.3, -0.25) is 9.59 Å². The van der Waals surface area contributed by atoms with Crippen molar-refractivity contribution in [2.45, 2.75) is 26.1 Å². The second kappa shape index (κ2) is 3.06. The van der Waals surface area contributed by atoms with Crippen LogP contribution in [0.3, 0.4) is 0 Å². The van der Waals surface area contributed by atoms with E-state index in [-0.39, 0.29) is 24.0 Å². The van der Waals surface area contributed by atoms with Crippen LogP contribution in [-0.4, -0.2) is 42.7 Å². The van der Waals surface area contributed by atoms with E-state index in [0.717, 1.165) is 0 Å². The SMILES string of the molecule is CC(C)(C)C(=O)C1C(=O)N2CCS(=O)(=O)[C@@H]12. The molecule has 0 N–H and O–H groups in total. The molecule has 0 spiro atoms. The molecule has 0 aromatic rings. The second-order valence-corrected chi connectivity index (χ2v) is 7.60. The number of hydrogen-bond acceptors (Lipinski definition) is 4. The predicted molar refractivity (Wildman–Crippen MR) is 57.2 cm³/mol. The number of sulfone groups is 1. The van der Waals surface area contributed by atoms with E-state index in [1.165, 1.54) is 4.90 Å². The van der Waals surface area contributed by atoms with E-state index in [9.17, 15) is 18.0 Å². The van der Waals surface area contributed by atoms with Crippen LogP contribution in [0.1, 0.15) is 20.8 Å². The number of carbonyl (C=O) groups excluding carboxylic acids is 2. The Kier molecular flexibility index (Phi) is 2.21. The first kappa shape index (κ1) is 11.6. The van der Waals surface area contributed by atoms with Gasteiger partial charge < -0.3 is 4.90 Å². The van der Waals surface area contributed by atoms with E-state index in [2.05, 4.69) is 0 Å². The van der Waals surface area contributed by atoms with Gasteiger partial charge in [0.25, 0.3) is 0 Å². The fourth-order valence-corrected chi connectivity index (χ4v) is 4.16. The zero-order valence-corrected chi connectivity index (χ0v) is 10.4. The van der Waals surface area contributed by atoms with Crippen LogP contribution in [0.15, 0.2) is 0 Å². The van der Waals surface area contributed by atoms with Crippen LogP contribution < -0.4 is 0 Å². The van der Waals surface area contributed by atoms with Gasteiger partial charge in [-0.2, -0.15) is 0 Å². The van der Waals surface area contributed by atoms with E-state index in [4.69, 9.17) is 0 Å². The molecular weight excluding hydrogens is 230 g/mol. The summed E-state index contributed by atoms with van der Waals surface area (Å²) in [4.78, 5) is 24.9. The quantitative estimate of drug-likeness (QED) is 0.474. The Morgan fingerprint density at radius 3 is 2.44 bits per heavy atom. The van der Waals surface area contributed by atoms with Crippen molar-refractivity contribution < 1.29 is 18.0 Å². The standard InChI is InChI=1S/C10H15NO4S/c1-10(2,3)7(12)6-8(13)11-4-5-16(14,15)9(6)11/h6,9H,4-5H2,1-3H3/t6?,9-/m0/s1. The summed E-state index contributed by atoms with van der Waals surface area (Å²) in [6, 6.07) is 0. The molecule has 2 rings (SSSR count). The van der Waals surface area contributed by atoms with E-state index < -0.39 is 26.5 Å². The van der Waals surface area contributed by atoms with Gasteiger partial charge in [-0.1, -0.05) is 20.8 Å². The molecule has 0 aromatic heterocycles. The summed E-state index contributed by atoms with van der Waals surface area (Å²) in [7, 11) is -3.29. The average Bonchev–Trinajstić information content (AvgIpc) is 2.37. The molecule has 16 heavy (non-hydrogen) atoms. The lowest BCUT2D eigenvalue weighted by molar-refractivity contribution is -0.157. The lowest BCUT2D eigenvalue weighted by atomic mass is 9.79. The van der Waals surface area contributed by atoms with Crippen LogP contribution >= 0.6 is 0 Å². The van der Waals surface area contributed by atoms with Crippen molar-refractivity contribution in [3.05, 3.63) is 0 Å². The monoisotopic (exact) mass is 245 g/mol. The van der Waals surface area contributed by atoms with Crippen molar-refractivity contribution in [1.29, 1.82) is 0 Å². The maximum atomic E-state index is 12.0. The van der Waals surface area contributed by atoms with Crippen LogP contribution in [0.4, 0.5) is 0 Å². The zero-order chi connectivity index (χ0) is 12.3. The van der Waals surface area contributed by atoms with Crippen LogP contribution in [-0.2, 0) is 19.4 Å². The fraction of sp³-hybridized carbons (Fsp3) is 0.800. The molecule has 5 nitrogen and oxygen atoms in total. The molecule has 1 unspecified atom stereocenters. The highest BCUT2D eigenvalue weighted by Crippen LogP contribution is 2.39. The third-order valence-electron chi connectivity index (χ3n) is 3.15. The Morgan fingerprint density at radius 1 is 1.38 bits per heavy atom. The number of amides is 1. The van der Waals surface area contributed by atoms with Crippen molar-refractivity contribution >= 4 is 21.5 Å². The van der Waals surface area contributed by atoms with Crippen molar-refractivity contribution in [2.75, 3.05) is 12.3 Å². The number of Topliss-reactive ketones (excluding diaryl/α,β-unsaturated/α-hetero) is 1. The molecule has 2 fully saturated rings. The number of hydrogen-bond donors (Lipinski definition) is 0. The minimum Gasteiger partial charge on any atom is -0.323 e. The van der Waals surface area contributed by atoms with Gasteiger partial charge in [-0.05, 0) is 0 Å². The van der Waals surface area contributed by atoms with Gasteiger partial charge in [0.1, 0.15) is 5.92 Å². The first-order valence-electron chi connectivity index (χ1n) is 5.22. The summed E-state index contributed by atoms with van der Waals surface area (Å²) in [5, 5.41) is -0.883. The highest BCUT2D eigenvalue weighted by atomic mass is 32.2. The molecule has 0 aromatic carbocycles. The lowest BCUT2D eigenvalue weighted by Gasteiger charge is -2.42. The molecule has 2 aliphatic rings. The van der Waals surface area contributed by atoms with Gasteiger partial charge in [-0.25, -0.2) is 8.42 Å². The topological polar surface area (TPSA) is 71.5 Å². The van der Waals surface area contributed by atoms with Gasteiger partial charge >= 0.3 is 0 Å². The molecule has 0 saturated carbocycles. The van der Waals surface area contributed by atoms with Gasteiger partial charge in [0.05, 0.1) is 5.75 Å². The molecular formula is C10H15NO4S. The van der Waals surface area contributed by atoms with Crippen molar-refractivity contribution in [1.82, 2.24) is 4.90 Å². The number of β-lactam (4-membered cyclic amide) rings is 1. The number of rotatable bonds is 1. The zero-order valence-electron chi connectivity index (χ0n) is 9.56. The van der Waals surface area contributed by atoms with Gasteiger partial charge in [0, 0.05) is 12.0 Å². The van der Waals surface area contributed by atoms with Gasteiger partial charge in [0.2, 0.25) is 5.91 Å². The summed E-state index contributed by atoms with van der Waals surface area (Å²) >= 11 is 0. The van der Waals surface area contributed by atoms with Crippen molar-refractivity contribution in [2.24, 2.45) is 11.3 Å². The van der Waals surface area contributed by atoms with Gasteiger partial charge in [-0.15, -0.1) is 0 Å². The Balaban J connectivity index is 2.32. The Morgan fingerprint density at radius 2 is 1.94 bits per heavy atom. The summed E-state index contributed by atoms with van der Waals surface area (Å²) in [5.41, 5.74) is -0.676. The second-order valence-electron chi connectivity index (χ2n) is 5.38.